The minimum atomic E-state index is -0.132. The van der Waals surface area contributed by atoms with Crippen LogP contribution in [0.25, 0.3) is 0 Å². The van der Waals surface area contributed by atoms with Gasteiger partial charge in [-0.3, -0.25) is 4.98 Å². The van der Waals surface area contributed by atoms with Gasteiger partial charge in [-0.15, -0.1) is 0 Å². The molecule has 2 heteroatoms. The Morgan fingerprint density at radius 3 is 2.87 bits per heavy atom. The summed E-state index contributed by atoms with van der Waals surface area (Å²) in [6.45, 7) is 0. The van der Waals surface area contributed by atoms with Crippen molar-refractivity contribution in [3.05, 3.63) is 30.1 Å². The van der Waals surface area contributed by atoms with Crippen LogP contribution in [0.3, 0.4) is 0 Å². The quantitative estimate of drug-likeness (QED) is 0.774. The Morgan fingerprint density at radius 2 is 2.20 bits per heavy atom. The number of rotatable bonds is 6. The summed E-state index contributed by atoms with van der Waals surface area (Å²) >= 11 is 0. The summed E-state index contributed by atoms with van der Waals surface area (Å²) in [4.78, 5) is 4.25. The van der Waals surface area contributed by atoms with Crippen molar-refractivity contribution in [1.82, 2.24) is 4.98 Å². The van der Waals surface area contributed by atoms with Gasteiger partial charge in [0.05, 0.1) is 6.10 Å². The van der Waals surface area contributed by atoms with E-state index in [-0.39, 0.29) is 6.10 Å². The minimum Gasteiger partial charge on any atom is -0.393 e. The molecule has 0 spiro atoms. The molecule has 1 N–H and O–H groups in total. The first-order chi connectivity index (χ1) is 7.34. The second-order valence-electron chi connectivity index (χ2n) is 4.53. The second kappa shape index (κ2) is 5.26. The molecule has 0 aromatic carbocycles. The minimum absolute atomic E-state index is 0.132. The van der Waals surface area contributed by atoms with E-state index < -0.39 is 0 Å². The van der Waals surface area contributed by atoms with Crippen LogP contribution in [0.15, 0.2) is 24.4 Å². The van der Waals surface area contributed by atoms with Crippen molar-refractivity contribution in [2.45, 2.75) is 44.6 Å². The van der Waals surface area contributed by atoms with Crippen LogP contribution >= 0.6 is 0 Å². The molecule has 82 valence electrons. The number of pyridine rings is 1. The predicted molar refractivity (Wildman–Crippen MR) is 60.5 cm³/mol. The topological polar surface area (TPSA) is 33.1 Å². The molecule has 1 heterocycles. The summed E-state index contributed by atoms with van der Waals surface area (Å²) in [5.41, 5.74) is 1.09. The molecule has 0 bridgehead atoms. The molecular weight excluding hydrogens is 186 g/mol. The Morgan fingerprint density at radius 1 is 1.33 bits per heavy atom. The highest BCUT2D eigenvalue weighted by Gasteiger charge is 2.21. The van der Waals surface area contributed by atoms with Gasteiger partial charge in [0.1, 0.15) is 0 Å². The van der Waals surface area contributed by atoms with Gasteiger partial charge >= 0.3 is 0 Å². The van der Waals surface area contributed by atoms with Gasteiger partial charge in [0.25, 0.3) is 0 Å². The Hall–Kier alpha value is -0.890. The number of nitrogens with zero attached hydrogens (tertiary/aromatic N) is 1. The third kappa shape index (κ3) is 4.00. The van der Waals surface area contributed by atoms with Crippen molar-refractivity contribution in [3.8, 4) is 0 Å². The van der Waals surface area contributed by atoms with Crippen molar-refractivity contribution in [2.24, 2.45) is 5.92 Å². The van der Waals surface area contributed by atoms with Crippen molar-refractivity contribution in [1.29, 1.82) is 0 Å². The Balaban J connectivity index is 1.63. The molecule has 1 aromatic rings. The van der Waals surface area contributed by atoms with E-state index in [0.717, 1.165) is 30.9 Å². The molecular formula is C13H19NO. The molecule has 1 aliphatic rings. The lowest BCUT2D eigenvalue weighted by molar-refractivity contribution is 0.150. The number of hydrogen-bond acceptors (Lipinski definition) is 2. The SMILES string of the molecule is OC(CCc1ccccn1)CCC1CC1. The molecule has 15 heavy (non-hydrogen) atoms. The Kier molecular flexibility index (Phi) is 3.73. The lowest BCUT2D eigenvalue weighted by atomic mass is 10.1. The molecule has 0 radical (unpaired) electrons. The van der Waals surface area contributed by atoms with E-state index in [2.05, 4.69) is 4.98 Å². The molecule has 1 fully saturated rings. The standard InChI is InChI=1S/C13H19NO/c15-13(8-6-11-4-5-11)9-7-12-3-1-2-10-14-12/h1-3,10-11,13,15H,4-9H2. The Bertz CT molecular complexity index is 282. The zero-order valence-electron chi connectivity index (χ0n) is 9.10. The average Bonchev–Trinajstić information content (AvgIpc) is 3.09. The lowest BCUT2D eigenvalue weighted by Crippen LogP contribution is -2.08. The van der Waals surface area contributed by atoms with E-state index in [0.29, 0.717) is 0 Å². The van der Waals surface area contributed by atoms with Gasteiger partial charge in [-0.1, -0.05) is 18.9 Å². The fraction of sp³-hybridized carbons (Fsp3) is 0.615. The highest BCUT2D eigenvalue weighted by molar-refractivity contribution is 5.03. The zero-order chi connectivity index (χ0) is 10.5. The monoisotopic (exact) mass is 205 g/mol. The van der Waals surface area contributed by atoms with Crippen LogP contribution in [0.1, 0.15) is 37.8 Å². The zero-order valence-corrected chi connectivity index (χ0v) is 9.10. The van der Waals surface area contributed by atoms with Crippen LogP contribution in [-0.2, 0) is 6.42 Å². The molecule has 2 rings (SSSR count). The summed E-state index contributed by atoms with van der Waals surface area (Å²) in [5, 5.41) is 9.76. The largest absolute Gasteiger partial charge is 0.393 e. The molecule has 0 aliphatic heterocycles. The van der Waals surface area contributed by atoms with Crippen molar-refractivity contribution >= 4 is 0 Å². The van der Waals surface area contributed by atoms with E-state index in [1.165, 1.54) is 19.3 Å². The molecule has 1 aromatic heterocycles. The maximum absolute atomic E-state index is 9.76. The van der Waals surface area contributed by atoms with Gasteiger partial charge in [0.15, 0.2) is 0 Å². The highest BCUT2D eigenvalue weighted by Crippen LogP contribution is 2.34. The van der Waals surface area contributed by atoms with Crippen LogP contribution in [0.5, 0.6) is 0 Å². The molecule has 2 nitrogen and oxygen atoms in total. The molecule has 1 unspecified atom stereocenters. The van der Waals surface area contributed by atoms with E-state index in [1.807, 2.05) is 24.4 Å². The smallest absolute Gasteiger partial charge is 0.0544 e. The van der Waals surface area contributed by atoms with E-state index in [4.69, 9.17) is 0 Å². The van der Waals surface area contributed by atoms with E-state index >= 15 is 0 Å². The molecule has 0 saturated heterocycles. The third-order valence-corrected chi connectivity index (χ3v) is 3.06. The molecule has 1 atom stereocenters. The fourth-order valence-corrected chi connectivity index (χ4v) is 1.84. The van der Waals surface area contributed by atoms with E-state index in [9.17, 15) is 5.11 Å². The normalized spacial score (nSPS) is 17.7. The predicted octanol–water partition coefficient (Wildman–Crippen LogP) is 2.57. The number of hydrogen-bond donors (Lipinski definition) is 1. The molecule has 1 saturated carbocycles. The lowest BCUT2D eigenvalue weighted by Gasteiger charge is -2.09. The van der Waals surface area contributed by atoms with Crippen LogP contribution < -0.4 is 0 Å². The van der Waals surface area contributed by atoms with Crippen molar-refractivity contribution in [3.63, 3.8) is 0 Å². The van der Waals surface area contributed by atoms with Gasteiger partial charge in [-0.25, -0.2) is 0 Å². The van der Waals surface area contributed by atoms with Gasteiger partial charge in [-0.2, -0.15) is 0 Å². The first-order valence-electron chi connectivity index (χ1n) is 5.92. The summed E-state index contributed by atoms with van der Waals surface area (Å²) in [6, 6.07) is 5.94. The van der Waals surface area contributed by atoms with Crippen LogP contribution in [0, 0.1) is 5.92 Å². The van der Waals surface area contributed by atoms with Crippen LogP contribution in [0.2, 0.25) is 0 Å². The maximum atomic E-state index is 9.76. The third-order valence-electron chi connectivity index (χ3n) is 3.06. The summed E-state index contributed by atoms with van der Waals surface area (Å²) in [7, 11) is 0. The van der Waals surface area contributed by atoms with Gasteiger partial charge in [0, 0.05) is 11.9 Å². The first kappa shape index (κ1) is 10.6. The van der Waals surface area contributed by atoms with Crippen molar-refractivity contribution < 1.29 is 5.11 Å². The van der Waals surface area contributed by atoms with E-state index in [1.54, 1.807) is 0 Å². The van der Waals surface area contributed by atoms with Crippen LogP contribution in [-0.4, -0.2) is 16.2 Å². The molecule has 0 amide bonds. The highest BCUT2D eigenvalue weighted by atomic mass is 16.3. The second-order valence-corrected chi connectivity index (χ2v) is 4.53. The Labute approximate surface area is 91.4 Å². The van der Waals surface area contributed by atoms with Crippen molar-refractivity contribution in [2.75, 3.05) is 0 Å². The van der Waals surface area contributed by atoms with Gasteiger partial charge in [0.2, 0.25) is 0 Å². The molecule has 1 aliphatic carbocycles. The van der Waals surface area contributed by atoms with Crippen LogP contribution in [0.4, 0.5) is 0 Å². The number of aliphatic hydroxyl groups excluding tert-OH is 1. The fourth-order valence-electron chi connectivity index (χ4n) is 1.84. The number of aliphatic hydroxyl groups is 1. The van der Waals surface area contributed by atoms with Gasteiger partial charge in [-0.05, 0) is 43.7 Å². The summed E-state index contributed by atoms with van der Waals surface area (Å²) in [6.07, 6.45) is 8.37. The number of aromatic nitrogens is 1. The van der Waals surface area contributed by atoms with Gasteiger partial charge < -0.3 is 5.11 Å². The maximum Gasteiger partial charge on any atom is 0.0544 e. The first-order valence-corrected chi connectivity index (χ1v) is 5.92. The summed E-state index contributed by atoms with van der Waals surface area (Å²) in [5.74, 6) is 0.925. The average molecular weight is 205 g/mol. The summed E-state index contributed by atoms with van der Waals surface area (Å²) < 4.78 is 0. The number of aryl methyl sites for hydroxylation is 1.